The van der Waals surface area contributed by atoms with Crippen LogP contribution in [0.5, 0.6) is 5.75 Å². The number of nitriles is 1. The molecule has 2 amide bonds. The molecule has 2 aromatic rings. The second kappa shape index (κ2) is 8.48. The second-order valence-electron chi connectivity index (χ2n) is 7.49. The quantitative estimate of drug-likeness (QED) is 0.669. The summed E-state index contributed by atoms with van der Waals surface area (Å²) in [4.78, 5) is 27.4. The van der Waals surface area contributed by atoms with Crippen molar-refractivity contribution in [2.75, 3.05) is 11.5 Å². The van der Waals surface area contributed by atoms with Gasteiger partial charge in [0.25, 0.3) is 0 Å². The van der Waals surface area contributed by atoms with Crippen molar-refractivity contribution in [3.05, 3.63) is 70.3 Å². The molecular formula is C23H18F3N3O3S. The lowest BCUT2D eigenvalue weighted by Gasteiger charge is -2.30. The minimum Gasteiger partial charge on any atom is -0.494 e. The van der Waals surface area contributed by atoms with Gasteiger partial charge in [-0.15, -0.1) is 0 Å². The number of allylic oxidation sites excluding steroid dienone is 1. The molecule has 2 N–H and O–H groups in total. The van der Waals surface area contributed by atoms with E-state index in [0.717, 1.165) is 34.9 Å². The molecular weight excluding hydrogens is 455 g/mol. The summed E-state index contributed by atoms with van der Waals surface area (Å²) in [5.74, 6) is -2.54. The van der Waals surface area contributed by atoms with Gasteiger partial charge in [-0.3, -0.25) is 9.59 Å². The number of alkyl halides is 3. The zero-order chi connectivity index (χ0) is 23.9. The molecule has 4 rings (SSSR count). The van der Waals surface area contributed by atoms with Crippen LogP contribution in [0.2, 0.25) is 0 Å². The zero-order valence-corrected chi connectivity index (χ0v) is 18.1. The Hall–Kier alpha value is -3.45. The van der Waals surface area contributed by atoms with Crippen molar-refractivity contribution in [1.29, 1.82) is 5.26 Å². The first-order valence-corrected chi connectivity index (χ1v) is 10.9. The van der Waals surface area contributed by atoms with Gasteiger partial charge in [-0.05, 0) is 42.8 Å². The van der Waals surface area contributed by atoms with E-state index in [1.54, 1.807) is 24.3 Å². The van der Waals surface area contributed by atoms with E-state index in [0.29, 0.717) is 17.9 Å². The largest absolute Gasteiger partial charge is 0.494 e. The number of anilines is 1. The van der Waals surface area contributed by atoms with E-state index in [9.17, 15) is 28.0 Å². The summed E-state index contributed by atoms with van der Waals surface area (Å²) >= 11 is 0.895. The van der Waals surface area contributed by atoms with Crippen molar-refractivity contribution in [3.8, 4) is 11.8 Å². The van der Waals surface area contributed by atoms with Crippen molar-refractivity contribution < 1.29 is 27.5 Å². The van der Waals surface area contributed by atoms with Gasteiger partial charge in [-0.25, -0.2) is 4.90 Å². The zero-order valence-electron chi connectivity index (χ0n) is 17.3. The maximum Gasteiger partial charge on any atom is 0.416 e. The topological polar surface area (TPSA) is 96.4 Å². The maximum absolute atomic E-state index is 13.4. The molecule has 0 aliphatic carbocycles. The van der Waals surface area contributed by atoms with Gasteiger partial charge in [0.05, 0.1) is 40.4 Å². The van der Waals surface area contributed by atoms with E-state index >= 15 is 0 Å². The predicted molar refractivity (Wildman–Crippen MR) is 116 cm³/mol. The molecule has 0 radical (unpaired) electrons. The molecule has 1 saturated heterocycles. The number of halogens is 3. The van der Waals surface area contributed by atoms with Crippen LogP contribution in [0.4, 0.5) is 18.9 Å². The Kier molecular flexibility index (Phi) is 5.84. The third-order valence-electron chi connectivity index (χ3n) is 5.59. The van der Waals surface area contributed by atoms with E-state index < -0.39 is 40.6 Å². The van der Waals surface area contributed by atoms with Crippen molar-refractivity contribution in [2.24, 2.45) is 11.7 Å². The smallest absolute Gasteiger partial charge is 0.416 e. The summed E-state index contributed by atoms with van der Waals surface area (Å²) in [5, 5.41) is 8.91. The van der Waals surface area contributed by atoms with E-state index in [4.69, 9.17) is 10.5 Å². The third-order valence-corrected chi connectivity index (χ3v) is 6.81. The minimum absolute atomic E-state index is 0.115. The van der Waals surface area contributed by atoms with Crippen LogP contribution < -0.4 is 15.4 Å². The van der Waals surface area contributed by atoms with Crippen LogP contribution in [0.3, 0.4) is 0 Å². The molecule has 2 aliphatic heterocycles. The number of nitrogens with two attached hydrogens (primary N) is 1. The fourth-order valence-corrected chi connectivity index (χ4v) is 5.35. The van der Waals surface area contributed by atoms with Gasteiger partial charge in [-0.2, -0.15) is 18.4 Å². The normalized spacial score (nSPS) is 22.9. The van der Waals surface area contributed by atoms with Crippen LogP contribution in [0.1, 0.15) is 24.0 Å². The summed E-state index contributed by atoms with van der Waals surface area (Å²) in [5.41, 5.74) is 5.68. The number of hydrogen-bond acceptors (Lipinski definition) is 6. The SMILES string of the molecule is CCOc1ccc(C2C(C#N)=C(N)SC3C(=O)N(c4cccc(C(F)(F)F)c4)C(=O)C32)cc1. The highest BCUT2D eigenvalue weighted by Gasteiger charge is 2.56. The lowest BCUT2D eigenvalue weighted by molar-refractivity contribution is -0.137. The number of amides is 2. The van der Waals surface area contributed by atoms with Gasteiger partial charge in [0.1, 0.15) is 11.0 Å². The summed E-state index contributed by atoms with van der Waals surface area (Å²) < 4.78 is 45.0. The van der Waals surface area contributed by atoms with Crippen LogP contribution in [0.15, 0.2) is 59.1 Å². The Labute approximate surface area is 191 Å². The number of carbonyl (C=O) groups is 2. The Morgan fingerprint density at radius 2 is 1.85 bits per heavy atom. The Morgan fingerprint density at radius 3 is 2.45 bits per heavy atom. The Morgan fingerprint density at radius 1 is 1.15 bits per heavy atom. The molecule has 10 heteroatoms. The van der Waals surface area contributed by atoms with Crippen molar-refractivity contribution in [3.63, 3.8) is 0 Å². The molecule has 2 aromatic carbocycles. The summed E-state index contributed by atoms with van der Waals surface area (Å²) in [6.45, 7) is 2.29. The number of thioether (sulfide) groups is 1. The first-order valence-electron chi connectivity index (χ1n) is 10.0. The van der Waals surface area contributed by atoms with E-state index in [1.807, 2.05) is 13.0 Å². The van der Waals surface area contributed by atoms with Crippen LogP contribution in [-0.4, -0.2) is 23.7 Å². The summed E-state index contributed by atoms with van der Waals surface area (Å²) in [6.07, 6.45) is -4.63. The highest BCUT2D eigenvalue weighted by atomic mass is 32.2. The second-order valence-corrected chi connectivity index (χ2v) is 8.68. The molecule has 0 spiro atoms. The molecule has 3 atom stereocenters. The number of ether oxygens (including phenoxy) is 1. The fraction of sp³-hybridized carbons (Fsp3) is 0.261. The monoisotopic (exact) mass is 473 g/mol. The van der Waals surface area contributed by atoms with Gasteiger partial charge in [0.15, 0.2) is 0 Å². The van der Waals surface area contributed by atoms with Crippen molar-refractivity contribution in [1.82, 2.24) is 0 Å². The maximum atomic E-state index is 13.4. The average Bonchev–Trinajstić information content (AvgIpc) is 3.02. The fourth-order valence-electron chi connectivity index (χ4n) is 4.15. The number of rotatable bonds is 4. The average molecular weight is 473 g/mol. The van der Waals surface area contributed by atoms with Gasteiger partial charge in [-0.1, -0.05) is 30.0 Å². The summed E-state index contributed by atoms with van der Waals surface area (Å²) in [7, 11) is 0. The highest BCUT2D eigenvalue weighted by molar-refractivity contribution is 8.04. The van der Waals surface area contributed by atoms with Crippen molar-refractivity contribution in [2.45, 2.75) is 24.3 Å². The molecule has 6 nitrogen and oxygen atoms in total. The van der Waals surface area contributed by atoms with E-state index in [1.165, 1.54) is 6.07 Å². The highest BCUT2D eigenvalue weighted by Crippen LogP contribution is 2.51. The molecule has 0 bridgehead atoms. The van der Waals surface area contributed by atoms with E-state index in [-0.39, 0.29) is 16.3 Å². The first-order chi connectivity index (χ1) is 15.7. The molecule has 0 aromatic heterocycles. The minimum atomic E-state index is -4.63. The van der Waals surface area contributed by atoms with Crippen molar-refractivity contribution >= 4 is 29.3 Å². The number of nitrogens with zero attached hydrogens (tertiary/aromatic N) is 2. The lowest BCUT2D eigenvalue weighted by Crippen LogP contribution is -2.33. The summed E-state index contributed by atoms with van der Waals surface area (Å²) in [6, 6.07) is 12.9. The predicted octanol–water partition coefficient (Wildman–Crippen LogP) is 4.19. The van der Waals surface area contributed by atoms with Crippen LogP contribution >= 0.6 is 11.8 Å². The third kappa shape index (κ3) is 3.93. The van der Waals surface area contributed by atoms with Crippen LogP contribution in [0.25, 0.3) is 0 Å². The molecule has 170 valence electrons. The molecule has 2 heterocycles. The molecule has 3 unspecified atom stereocenters. The molecule has 33 heavy (non-hydrogen) atoms. The van der Waals surface area contributed by atoms with Gasteiger partial charge >= 0.3 is 6.18 Å². The molecule has 0 saturated carbocycles. The standard InChI is InChI=1S/C23H18F3N3O3S/c1-2-32-15-8-6-12(7-9-15)17-16(11-27)20(28)33-19-18(17)21(30)29(22(19)31)14-5-3-4-13(10-14)23(24,25)26/h3-10,17-19H,2,28H2,1H3. The van der Waals surface area contributed by atoms with Gasteiger partial charge in [0.2, 0.25) is 11.8 Å². The molecule has 2 aliphatic rings. The lowest BCUT2D eigenvalue weighted by atomic mass is 9.79. The Bertz CT molecular complexity index is 1190. The Balaban J connectivity index is 1.77. The van der Waals surface area contributed by atoms with Crippen LogP contribution in [-0.2, 0) is 15.8 Å². The number of fused-ring (bicyclic) bond motifs is 1. The molecule has 1 fully saturated rings. The first kappa shape index (κ1) is 22.7. The number of benzene rings is 2. The number of hydrogen-bond donors (Lipinski definition) is 1. The number of carbonyl (C=O) groups excluding carboxylic acids is 2. The van der Waals surface area contributed by atoms with Gasteiger partial charge in [0, 0.05) is 5.92 Å². The van der Waals surface area contributed by atoms with E-state index in [2.05, 4.69) is 0 Å². The van der Waals surface area contributed by atoms with Gasteiger partial charge < -0.3 is 10.5 Å². The van der Waals surface area contributed by atoms with Crippen LogP contribution in [0, 0.1) is 17.2 Å². The number of imide groups is 1.